The van der Waals surface area contributed by atoms with Crippen molar-refractivity contribution in [2.24, 2.45) is 17.1 Å². The van der Waals surface area contributed by atoms with Crippen LogP contribution in [0.1, 0.15) is 38.7 Å². The number of nitrogens with zero attached hydrogens (tertiary/aromatic N) is 1. The van der Waals surface area contributed by atoms with Crippen LogP contribution in [-0.2, 0) is 6.42 Å². The second-order valence-corrected chi connectivity index (χ2v) is 7.33. The smallest absolute Gasteiger partial charge is 0.00797 e. The van der Waals surface area contributed by atoms with Crippen LogP contribution in [0.4, 0.5) is 0 Å². The molecule has 2 N–H and O–H groups in total. The first kappa shape index (κ1) is 15.5. The lowest BCUT2D eigenvalue weighted by Crippen LogP contribution is -2.44. The lowest BCUT2D eigenvalue weighted by Gasteiger charge is -2.40. The topological polar surface area (TPSA) is 29.3 Å². The Labute approximate surface area is 124 Å². The first-order chi connectivity index (χ1) is 9.46. The van der Waals surface area contributed by atoms with E-state index in [-0.39, 0.29) is 0 Å². The fourth-order valence-corrected chi connectivity index (χ4v) is 3.41. The summed E-state index contributed by atoms with van der Waals surface area (Å²) in [5.41, 5.74) is 8.23. The van der Waals surface area contributed by atoms with Gasteiger partial charge in [0, 0.05) is 19.1 Å². The Morgan fingerprint density at radius 3 is 2.65 bits per heavy atom. The summed E-state index contributed by atoms with van der Waals surface area (Å²) >= 11 is 0. The zero-order chi connectivity index (χ0) is 14.6. The molecule has 0 aromatic heterocycles. The van der Waals surface area contributed by atoms with E-state index in [1.54, 1.807) is 0 Å². The van der Waals surface area contributed by atoms with Crippen LogP contribution in [0.5, 0.6) is 0 Å². The second kappa shape index (κ2) is 6.73. The van der Waals surface area contributed by atoms with Gasteiger partial charge in [-0.05, 0) is 49.6 Å². The van der Waals surface area contributed by atoms with Gasteiger partial charge in [0.05, 0.1) is 0 Å². The number of likely N-dealkylation sites (N-methyl/N-ethyl adjacent to an activating group) is 1. The van der Waals surface area contributed by atoms with E-state index in [1.165, 1.54) is 24.8 Å². The van der Waals surface area contributed by atoms with Crippen LogP contribution in [0.25, 0.3) is 0 Å². The molecule has 0 radical (unpaired) electrons. The number of hydrogen-bond acceptors (Lipinski definition) is 2. The largest absolute Gasteiger partial charge is 0.327 e. The first-order valence-corrected chi connectivity index (χ1v) is 7.94. The zero-order valence-electron chi connectivity index (χ0n) is 13.3. The minimum Gasteiger partial charge on any atom is -0.327 e. The number of rotatable bonds is 5. The van der Waals surface area contributed by atoms with E-state index in [0.29, 0.717) is 17.4 Å². The molecule has 0 aliphatic heterocycles. The van der Waals surface area contributed by atoms with Crippen molar-refractivity contribution in [3.05, 3.63) is 35.9 Å². The summed E-state index contributed by atoms with van der Waals surface area (Å²) < 4.78 is 0. The molecule has 20 heavy (non-hydrogen) atoms. The van der Waals surface area contributed by atoms with E-state index in [1.807, 2.05) is 0 Å². The molecule has 1 aromatic rings. The van der Waals surface area contributed by atoms with Gasteiger partial charge in [0.15, 0.2) is 0 Å². The maximum absolute atomic E-state index is 6.33. The first-order valence-electron chi connectivity index (χ1n) is 7.94. The SMILES string of the molecule is CN(CCc1ccccc1)CC1CC(C)(C)CCC1N. The molecule has 2 unspecified atom stereocenters. The normalized spacial score (nSPS) is 25.9. The molecule has 0 amide bonds. The highest BCUT2D eigenvalue weighted by Gasteiger charge is 2.33. The van der Waals surface area contributed by atoms with Crippen LogP contribution in [0.3, 0.4) is 0 Å². The highest BCUT2D eigenvalue weighted by atomic mass is 15.1. The van der Waals surface area contributed by atoms with Gasteiger partial charge < -0.3 is 10.6 Å². The molecular weight excluding hydrogens is 244 g/mol. The van der Waals surface area contributed by atoms with E-state index in [9.17, 15) is 0 Å². The van der Waals surface area contributed by atoms with Gasteiger partial charge in [-0.1, -0.05) is 44.2 Å². The lowest BCUT2D eigenvalue weighted by molar-refractivity contribution is 0.125. The summed E-state index contributed by atoms with van der Waals surface area (Å²) in [5, 5.41) is 0. The van der Waals surface area contributed by atoms with Crippen LogP contribution in [0.15, 0.2) is 30.3 Å². The predicted molar refractivity (Wildman–Crippen MR) is 86.7 cm³/mol. The van der Waals surface area contributed by atoms with Gasteiger partial charge in [0.2, 0.25) is 0 Å². The summed E-state index contributed by atoms with van der Waals surface area (Å²) in [6.07, 6.45) is 4.86. The molecule has 2 atom stereocenters. The third kappa shape index (κ3) is 4.60. The minimum atomic E-state index is 0.391. The standard InChI is InChI=1S/C18H30N2/c1-18(2)11-9-17(19)16(13-18)14-20(3)12-10-15-7-5-4-6-8-15/h4-8,16-17H,9-14,19H2,1-3H3. The summed E-state index contributed by atoms with van der Waals surface area (Å²) in [5.74, 6) is 0.652. The van der Waals surface area contributed by atoms with Gasteiger partial charge in [-0.25, -0.2) is 0 Å². The molecule has 2 heteroatoms. The summed E-state index contributed by atoms with van der Waals surface area (Å²) in [7, 11) is 2.23. The Kier molecular flexibility index (Phi) is 5.22. The summed E-state index contributed by atoms with van der Waals surface area (Å²) in [4.78, 5) is 2.46. The van der Waals surface area contributed by atoms with E-state index in [2.05, 4.69) is 56.1 Å². The van der Waals surface area contributed by atoms with Crippen LogP contribution in [0.2, 0.25) is 0 Å². The quantitative estimate of drug-likeness (QED) is 0.892. The molecule has 1 aromatic carbocycles. The third-order valence-electron chi connectivity index (χ3n) is 4.75. The van der Waals surface area contributed by atoms with E-state index in [0.717, 1.165) is 19.5 Å². The molecule has 112 valence electrons. The average molecular weight is 274 g/mol. The molecule has 1 fully saturated rings. The highest BCUT2D eigenvalue weighted by Crippen LogP contribution is 2.38. The molecule has 0 bridgehead atoms. The van der Waals surface area contributed by atoms with Crippen molar-refractivity contribution in [1.29, 1.82) is 0 Å². The van der Waals surface area contributed by atoms with Gasteiger partial charge in [0.1, 0.15) is 0 Å². The predicted octanol–water partition coefficient (Wildman–Crippen LogP) is 3.31. The lowest BCUT2D eigenvalue weighted by atomic mass is 9.70. The van der Waals surface area contributed by atoms with E-state index >= 15 is 0 Å². The number of hydrogen-bond donors (Lipinski definition) is 1. The second-order valence-electron chi connectivity index (χ2n) is 7.33. The Balaban J connectivity index is 1.80. The fourth-order valence-electron chi connectivity index (χ4n) is 3.41. The Morgan fingerprint density at radius 2 is 1.95 bits per heavy atom. The molecule has 1 aliphatic carbocycles. The van der Waals surface area contributed by atoms with Crippen molar-refractivity contribution in [3.8, 4) is 0 Å². The average Bonchev–Trinajstić information content (AvgIpc) is 2.42. The third-order valence-corrected chi connectivity index (χ3v) is 4.75. The molecular formula is C18H30N2. The molecule has 2 nitrogen and oxygen atoms in total. The molecule has 0 saturated heterocycles. The molecule has 1 saturated carbocycles. The van der Waals surface area contributed by atoms with Crippen molar-refractivity contribution < 1.29 is 0 Å². The maximum atomic E-state index is 6.33. The highest BCUT2D eigenvalue weighted by molar-refractivity contribution is 5.14. The number of nitrogens with two attached hydrogens (primary N) is 1. The van der Waals surface area contributed by atoms with Crippen LogP contribution in [0, 0.1) is 11.3 Å². The molecule has 0 heterocycles. The minimum absolute atomic E-state index is 0.391. The number of benzene rings is 1. The molecule has 0 spiro atoms. The van der Waals surface area contributed by atoms with Crippen LogP contribution < -0.4 is 5.73 Å². The Morgan fingerprint density at radius 1 is 1.25 bits per heavy atom. The summed E-state index contributed by atoms with van der Waals surface area (Å²) in [6, 6.07) is 11.1. The van der Waals surface area contributed by atoms with Gasteiger partial charge in [-0.15, -0.1) is 0 Å². The monoisotopic (exact) mass is 274 g/mol. The Bertz CT molecular complexity index is 399. The van der Waals surface area contributed by atoms with E-state index < -0.39 is 0 Å². The van der Waals surface area contributed by atoms with Crippen molar-refractivity contribution in [2.75, 3.05) is 20.1 Å². The zero-order valence-corrected chi connectivity index (χ0v) is 13.3. The Hall–Kier alpha value is -0.860. The van der Waals surface area contributed by atoms with E-state index in [4.69, 9.17) is 5.73 Å². The van der Waals surface area contributed by atoms with Crippen LogP contribution >= 0.6 is 0 Å². The van der Waals surface area contributed by atoms with Gasteiger partial charge >= 0.3 is 0 Å². The van der Waals surface area contributed by atoms with Gasteiger partial charge in [0.25, 0.3) is 0 Å². The van der Waals surface area contributed by atoms with Crippen molar-refractivity contribution in [2.45, 2.75) is 45.6 Å². The maximum Gasteiger partial charge on any atom is 0.00797 e. The molecule has 1 aliphatic rings. The van der Waals surface area contributed by atoms with Gasteiger partial charge in [-0.2, -0.15) is 0 Å². The fraction of sp³-hybridized carbons (Fsp3) is 0.667. The van der Waals surface area contributed by atoms with Crippen LogP contribution in [-0.4, -0.2) is 31.1 Å². The summed E-state index contributed by atoms with van der Waals surface area (Å²) in [6.45, 7) is 7.02. The molecule has 2 rings (SSSR count). The van der Waals surface area contributed by atoms with Gasteiger partial charge in [-0.3, -0.25) is 0 Å². The van der Waals surface area contributed by atoms with Crippen molar-refractivity contribution in [3.63, 3.8) is 0 Å². The van der Waals surface area contributed by atoms with Crippen molar-refractivity contribution >= 4 is 0 Å². The van der Waals surface area contributed by atoms with Crippen molar-refractivity contribution in [1.82, 2.24) is 4.90 Å².